The summed E-state index contributed by atoms with van der Waals surface area (Å²) in [4.78, 5) is 11.9. The fraction of sp³-hybridized carbons (Fsp3) is 0.211. The number of aromatic nitrogens is 2. The molecule has 0 bridgehead atoms. The molecule has 1 heterocycles. The normalized spacial score (nSPS) is 10.5. The number of ether oxygens (including phenoxy) is 2. The minimum atomic E-state index is -0.474. The molecule has 3 aromatic rings. The molecule has 3 rings (SSSR count). The van der Waals surface area contributed by atoms with Crippen LogP contribution in [-0.2, 0) is 4.79 Å². The topological polar surface area (TPSA) is 86.5 Å². The first-order chi connectivity index (χ1) is 13.6. The molecular formula is C19H18FN3O4S. The molecule has 1 aromatic heterocycles. The predicted molar refractivity (Wildman–Crippen MR) is 103 cm³/mol. The largest absolute Gasteiger partial charge is 0.497 e. The number of halogens is 1. The summed E-state index contributed by atoms with van der Waals surface area (Å²) in [7, 11) is 3.11. The molecule has 28 heavy (non-hydrogen) atoms. The summed E-state index contributed by atoms with van der Waals surface area (Å²) in [6.07, 6.45) is 0.169. The second kappa shape index (κ2) is 9.23. The molecular weight excluding hydrogens is 385 g/mol. The molecule has 146 valence electrons. The summed E-state index contributed by atoms with van der Waals surface area (Å²) in [5.74, 6) is 1.13. The third kappa shape index (κ3) is 4.80. The summed E-state index contributed by atoms with van der Waals surface area (Å²) in [5, 5.41) is 10.8. The SMILES string of the molecule is COc1ccc(-c2nnc(SCCC(=O)Nc3ccccc3F)o2)c(OC)c1. The summed E-state index contributed by atoms with van der Waals surface area (Å²) in [6.45, 7) is 0. The van der Waals surface area contributed by atoms with Crippen molar-refractivity contribution in [2.45, 2.75) is 11.6 Å². The van der Waals surface area contributed by atoms with Gasteiger partial charge in [-0.1, -0.05) is 23.9 Å². The van der Waals surface area contributed by atoms with Gasteiger partial charge >= 0.3 is 0 Å². The number of carbonyl (C=O) groups excluding carboxylic acids is 1. The Kier molecular flexibility index (Phi) is 6.49. The van der Waals surface area contributed by atoms with Crippen molar-refractivity contribution in [1.82, 2.24) is 10.2 Å². The molecule has 0 saturated carbocycles. The maximum Gasteiger partial charge on any atom is 0.276 e. The van der Waals surface area contributed by atoms with E-state index in [-0.39, 0.29) is 18.0 Å². The van der Waals surface area contributed by atoms with E-state index < -0.39 is 5.82 Å². The molecule has 9 heteroatoms. The van der Waals surface area contributed by atoms with Crippen LogP contribution in [0, 0.1) is 5.82 Å². The van der Waals surface area contributed by atoms with Gasteiger partial charge in [0, 0.05) is 18.2 Å². The van der Waals surface area contributed by atoms with E-state index in [1.807, 2.05) is 0 Å². The third-order valence-electron chi connectivity index (χ3n) is 3.75. The quantitative estimate of drug-likeness (QED) is 0.569. The van der Waals surface area contributed by atoms with Crippen LogP contribution in [0.25, 0.3) is 11.5 Å². The van der Waals surface area contributed by atoms with Crippen LogP contribution in [0.4, 0.5) is 10.1 Å². The van der Waals surface area contributed by atoms with Gasteiger partial charge in [0.1, 0.15) is 17.3 Å². The summed E-state index contributed by atoms with van der Waals surface area (Å²) >= 11 is 1.24. The summed E-state index contributed by atoms with van der Waals surface area (Å²) in [6, 6.07) is 11.3. The Balaban J connectivity index is 1.57. The number of carbonyl (C=O) groups is 1. The third-order valence-corrected chi connectivity index (χ3v) is 4.57. The summed E-state index contributed by atoms with van der Waals surface area (Å²) < 4.78 is 29.7. The van der Waals surface area contributed by atoms with Crippen LogP contribution in [-0.4, -0.2) is 36.1 Å². The Bertz CT molecular complexity index is 964. The number of hydrogen-bond acceptors (Lipinski definition) is 7. The zero-order chi connectivity index (χ0) is 19.9. The highest BCUT2D eigenvalue weighted by Crippen LogP contribution is 2.33. The van der Waals surface area contributed by atoms with Gasteiger partial charge in [-0.3, -0.25) is 4.79 Å². The molecule has 1 amide bonds. The molecule has 1 N–H and O–H groups in total. The number of amides is 1. The highest BCUT2D eigenvalue weighted by atomic mass is 32.2. The van der Waals surface area contributed by atoms with Gasteiger partial charge in [0.2, 0.25) is 5.91 Å². The lowest BCUT2D eigenvalue weighted by atomic mass is 10.2. The standard InChI is InChI=1S/C19H18FN3O4S/c1-25-12-7-8-13(16(11-12)26-2)18-22-23-19(27-18)28-10-9-17(24)21-15-6-4-3-5-14(15)20/h3-8,11H,9-10H2,1-2H3,(H,21,24). The first kappa shape index (κ1) is 19.7. The number of anilines is 1. The maximum atomic E-state index is 13.5. The molecule has 0 aliphatic carbocycles. The van der Waals surface area contributed by atoms with Gasteiger partial charge in [0.05, 0.1) is 25.5 Å². The number of benzene rings is 2. The van der Waals surface area contributed by atoms with Crippen molar-refractivity contribution in [2.24, 2.45) is 0 Å². The van der Waals surface area contributed by atoms with Crippen LogP contribution in [0.5, 0.6) is 11.5 Å². The fourth-order valence-corrected chi connectivity index (χ4v) is 3.06. The van der Waals surface area contributed by atoms with Crippen LogP contribution in [0.2, 0.25) is 0 Å². The second-order valence-electron chi connectivity index (χ2n) is 5.57. The van der Waals surface area contributed by atoms with E-state index in [9.17, 15) is 9.18 Å². The molecule has 0 fully saturated rings. The minimum Gasteiger partial charge on any atom is -0.497 e. The first-order valence-electron chi connectivity index (χ1n) is 8.34. The number of rotatable bonds is 8. The monoisotopic (exact) mass is 403 g/mol. The zero-order valence-electron chi connectivity index (χ0n) is 15.3. The number of thioether (sulfide) groups is 1. The Labute approximate surface area is 165 Å². The van der Waals surface area contributed by atoms with Crippen molar-refractivity contribution in [2.75, 3.05) is 25.3 Å². The Morgan fingerprint density at radius 1 is 1.18 bits per heavy atom. The molecule has 0 spiro atoms. The molecule has 0 unspecified atom stereocenters. The van der Waals surface area contributed by atoms with Gasteiger partial charge in [-0.05, 0) is 24.3 Å². The van der Waals surface area contributed by atoms with Crippen molar-refractivity contribution >= 4 is 23.4 Å². The molecule has 0 atom stereocenters. The molecule has 0 radical (unpaired) electrons. The first-order valence-corrected chi connectivity index (χ1v) is 9.32. The Morgan fingerprint density at radius 2 is 2.00 bits per heavy atom. The van der Waals surface area contributed by atoms with Crippen LogP contribution in [0.1, 0.15) is 6.42 Å². The van der Waals surface area contributed by atoms with Crippen molar-refractivity contribution in [3.05, 3.63) is 48.3 Å². The lowest BCUT2D eigenvalue weighted by Crippen LogP contribution is -2.13. The van der Waals surface area contributed by atoms with E-state index in [1.54, 1.807) is 44.6 Å². The van der Waals surface area contributed by atoms with E-state index in [1.165, 1.54) is 23.9 Å². The van der Waals surface area contributed by atoms with E-state index in [2.05, 4.69) is 15.5 Å². The average molecular weight is 403 g/mol. The number of nitrogens with zero attached hydrogens (tertiary/aromatic N) is 2. The van der Waals surface area contributed by atoms with Crippen molar-refractivity contribution < 1.29 is 23.1 Å². The summed E-state index contributed by atoms with van der Waals surface area (Å²) in [5.41, 5.74) is 0.795. The van der Waals surface area contributed by atoms with Crippen molar-refractivity contribution in [3.63, 3.8) is 0 Å². The minimum absolute atomic E-state index is 0.157. The number of nitrogens with one attached hydrogen (secondary N) is 1. The Hall–Kier alpha value is -3.07. The number of hydrogen-bond donors (Lipinski definition) is 1. The van der Waals surface area contributed by atoms with Crippen LogP contribution in [0.3, 0.4) is 0 Å². The molecule has 7 nitrogen and oxygen atoms in total. The van der Waals surface area contributed by atoms with Gasteiger partial charge in [-0.25, -0.2) is 4.39 Å². The highest BCUT2D eigenvalue weighted by molar-refractivity contribution is 7.99. The van der Waals surface area contributed by atoms with Crippen molar-refractivity contribution in [1.29, 1.82) is 0 Å². The van der Waals surface area contributed by atoms with Crippen molar-refractivity contribution in [3.8, 4) is 23.0 Å². The van der Waals surface area contributed by atoms with E-state index >= 15 is 0 Å². The number of methoxy groups -OCH3 is 2. The maximum absolute atomic E-state index is 13.5. The van der Waals surface area contributed by atoms with E-state index in [0.29, 0.717) is 33.9 Å². The van der Waals surface area contributed by atoms with Gasteiger partial charge in [-0.15, -0.1) is 10.2 Å². The molecule has 2 aromatic carbocycles. The lowest BCUT2D eigenvalue weighted by molar-refractivity contribution is -0.115. The van der Waals surface area contributed by atoms with Crippen LogP contribution >= 0.6 is 11.8 Å². The second-order valence-corrected chi connectivity index (χ2v) is 6.61. The fourth-order valence-electron chi connectivity index (χ4n) is 2.36. The molecule has 0 saturated heterocycles. The van der Waals surface area contributed by atoms with Gasteiger partial charge in [0.25, 0.3) is 11.1 Å². The van der Waals surface area contributed by atoms with Gasteiger partial charge < -0.3 is 19.2 Å². The lowest BCUT2D eigenvalue weighted by Gasteiger charge is -2.07. The smallest absolute Gasteiger partial charge is 0.276 e. The average Bonchev–Trinajstić information content (AvgIpc) is 3.18. The Morgan fingerprint density at radius 3 is 2.75 bits per heavy atom. The van der Waals surface area contributed by atoms with E-state index in [4.69, 9.17) is 13.9 Å². The molecule has 0 aliphatic heterocycles. The van der Waals surface area contributed by atoms with Crippen LogP contribution in [0.15, 0.2) is 52.1 Å². The molecule has 0 aliphatic rings. The zero-order valence-corrected chi connectivity index (χ0v) is 16.1. The predicted octanol–water partition coefficient (Wildman–Crippen LogP) is 4.01. The number of para-hydroxylation sites is 1. The van der Waals surface area contributed by atoms with Gasteiger partial charge in [0.15, 0.2) is 0 Å². The van der Waals surface area contributed by atoms with Gasteiger partial charge in [-0.2, -0.15) is 0 Å². The van der Waals surface area contributed by atoms with E-state index in [0.717, 1.165) is 0 Å². The van der Waals surface area contributed by atoms with Crippen LogP contribution < -0.4 is 14.8 Å². The highest BCUT2D eigenvalue weighted by Gasteiger charge is 2.15.